The van der Waals surface area contributed by atoms with Gasteiger partial charge in [0.25, 0.3) is 5.91 Å². The van der Waals surface area contributed by atoms with Gasteiger partial charge in [0.05, 0.1) is 6.61 Å². The Morgan fingerprint density at radius 2 is 1.94 bits per heavy atom. The lowest BCUT2D eigenvalue weighted by atomic mass is 9.74. The smallest absolute Gasteiger partial charge is 0.322 e. The van der Waals surface area contributed by atoms with Crippen molar-refractivity contribution in [3.8, 4) is 5.75 Å². The maximum atomic E-state index is 14.3. The van der Waals surface area contributed by atoms with E-state index in [1.165, 1.54) is 17.2 Å². The second-order valence-electron chi connectivity index (χ2n) is 8.74. The van der Waals surface area contributed by atoms with Crippen LogP contribution in [0.5, 0.6) is 5.75 Å². The van der Waals surface area contributed by atoms with E-state index in [0.717, 1.165) is 51.3 Å². The van der Waals surface area contributed by atoms with Crippen LogP contribution in [0.3, 0.4) is 0 Å². The predicted molar refractivity (Wildman–Crippen MR) is 113 cm³/mol. The van der Waals surface area contributed by atoms with Crippen molar-refractivity contribution in [2.24, 2.45) is 5.92 Å². The lowest BCUT2D eigenvalue weighted by molar-refractivity contribution is -0.126. The normalized spacial score (nSPS) is 23.9. The molecule has 2 N–H and O–H groups in total. The molecule has 162 valence electrons. The fourth-order valence-corrected chi connectivity index (χ4v) is 5.18. The van der Waals surface area contributed by atoms with Gasteiger partial charge in [-0.2, -0.15) is 0 Å². The van der Waals surface area contributed by atoms with Crippen LogP contribution in [0.25, 0.3) is 0 Å². The second-order valence-corrected chi connectivity index (χ2v) is 8.74. The summed E-state index contributed by atoms with van der Waals surface area (Å²) in [6, 6.07) is 12.3. The number of benzene rings is 2. The summed E-state index contributed by atoms with van der Waals surface area (Å²) < 4.78 is 19.9. The van der Waals surface area contributed by atoms with Crippen molar-refractivity contribution in [2.75, 3.05) is 19.7 Å². The lowest BCUT2D eigenvalue weighted by Gasteiger charge is -2.40. The van der Waals surface area contributed by atoms with Gasteiger partial charge >= 0.3 is 6.03 Å². The topological polar surface area (TPSA) is 70.7 Å². The molecule has 0 bridgehead atoms. The number of amides is 3. The molecule has 1 unspecified atom stereocenters. The third-order valence-corrected chi connectivity index (χ3v) is 6.84. The Morgan fingerprint density at radius 3 is 2.68 bits per heavy atom. The second kappa shape index (κ2) is 7.96. The Kier molecular flexibility index (Phi) is 5.14. The highest BCUT2D eigenvalue weighted by molar-refractivity contribution is 6.07. The van der Waals surface area contributed by atoms with E-state index in [1.807, 2.05) is 6.07 Å². The number of nitrogens with one attached hydrogen (secondary N) is 2. The Hall–Kier alpha value is -2.93. The molecule has 1 atom stereocenters. The Morgan fingerprint density at radius 1 is 1.13 bits per heavy atom. The van der Waals surface area contributed by atoms with Gasteiger partial charge < -0.3 is 10.1 Å². The number of ether oxygens (including phenoxy) is 1. The first-order valence-corrected chi connectivity index (χ1v) is 10.9. The van der Waals surface area contributed by atoms with Crippen molar-refractivity contribution in [1.82, 2.24) is 15.5 Å². The van der Waals surface area contributed by atoms with Crippen LogP contribution in [0.15, 0.2) is 42.5 Å². The molecule has 2 aromatic carbocycles. The molecule has 31 heavy (non-hydrogen) atoms. The third kappa shape index (κ3) is 3.78. The predicted octanol–water partition coefficient (Wildman–Crippen LogP) is 2.79. The fourth-order valence-electron chi connectivity index (χ4n) is 5.18. The van der Waals surface area contributed by atoms with Gasteiger partial charge in [-0.05, 0) is 60.7 Å². The maximum Gasteiger partial charge on any atom is 0.322 e. The summed E-state index contributed by atoms with van der Waals surface area (Å²) >= 11 is 0. The zero-order valence-corrected chi connectivity index (χ0v) is 17.3. The summed E-state index contributed by atoms with van der Waals surface area (Å²) in [6.07, 6.45) is 2.64. The van der Waals surface area contributed by atoms with Gasteiger partial charge in [0.15, 0.2) is 0 Å². The molecule has 3 amide bonds. The van der Waals surface area contributed by atoms with Gasteiger partial charge in [0.1, 0.15) is 17.1 Å². The number of imide groups is 1. The van der Waals surface area contributed by atoms with Crippen molar-refractivity contribution in [3.05, 3.63) is 65.0 Å². The standard InChI is InChI=1S/C24H26FN3O3/c25-20-4-2-1-3-18(20)14-24(22(29)26-23(30)27-24)19-7-10-28(11-8-19)15-16-5-6-21-17(13-16)9-12-31-21/h1-6,13,19H,7-12,14-15H2,(H2,26,27,29,30). The SMILES string of the molecule is O=C1NC(=O)C(Cc2ccccc2F)(C2CCN(Cc3ccc4c(c3)CCO4)CC2)N1. The molecule has 0 saturated carbocycles. The zero-order chi connectivity index (χ0) is 21.4. The van der Waals surface area contributed by atoms with E-state index in [-0.39, 0.29) is 24.1 Å². The fraction of sp³-hybridized carbons (Fsp3) is 0.417. The molecule has 3 aliphatic heterocycles. The van der Waals surface area contributed by atoms with E-state index in [0.29, 0.717) is 5.56 Å². The maximum absolute atomic E-state index is 14.3. The highest BCUT2D eigenvalue weighted by Gasteiger charge is 2.52. The number of urea groups is 1. The van der Waals surface area contributed by atoms with Crippen molar-refractivity contribution in [1.29, 1.82) is 0 Å². The number of carbonyl (C=O) groups excluding carboxylic acids is 2. The summed E-state index contributed by atoms with van der Waals surface area (Å²) in [5.74, 6) is 0.232. The number of piperidine rings is 1. The van der Waals surface area contributed by atoms with Crippen LogP contribution in [0.1, 0.15) is 29.5 Å². The lowest BCUT2D eigenvalue weighted by Crippen LogP contribution is -2.57. The van der Waals surface area contributed by atoms with Crippen molar-refractivity contribution in [2.45, 2.75) is 37.8 Å². The highest BCUT2D eigenvalue weighted by Crippen LogP contribution is 2.35. The van der Waals surface area contributed by atoms with Gasteiger partial charge in [-0.1, -0.05) is 30.3 Å². The monoisotopic (exact) mass is 423 g/mol. The molecule has 0 spiro atoms. The van der Waals surface area contributed by atoms with Crippen LogP contribution in [0.2, 0.25) is 0 Å². The molecule has 7 heteroatoms. The van der Waals surface area contributed by atoms with Crippen molar-refractivity contribution < 1.29 is 18.7 Å². The molecular weight excluding hydrogens is 397 g/mol. The van der Waals surface area contributed by atoms with E-state index >= 15 is 0 Å². The molecule has 2 aromatic rings. The number of hydrogen-bond donors (Lipinski definition) is 2. The molecule has 3 heterocycles. The van der Waals surface area contributed by atoms with Gasteiger partial charge in [-0.15, -0.1) is 0 Å². The Bertz CT molecular complexity index is 1020. The summed E-state index contributed by atoms with van der Waals surface area (Å²) in [5.41, 5.74) is 1.87. The molecule has 5 rings (SSSR count). The van der Waals surface area contributed by atoms with Gasteiger partial charge in [-0.25, -0.2) is 9.18 Å². The van der Waals surface area contributed by atoms with Crippen molar-refractivity contribution >= 4 is 11.9 Å². The summed E-state index contributed by atoms with van der Waals surface area (Å²) in [4.78, 5) is 27.3. The molecule has 6 nitrogen and oxygen atoms in total. The van der Waals surface area contributed by atoms with Gasteiger partial charge in [0.2, 0.25) is 0 Å². The number of fused-ring (bicyclic) bond motifs is 1. The average Bonchev–Trinajstić information content (AvgIpc) is 3.34. The first-order valence-electron chi connectivity index (χ1n) is 10.9. The molecule has 0 radical (unpaired) electrons. The molecule has 0 aromatic heterocycles. The third-order valence-electron chi connectivity index (χ3n) is 6.84. The van der Waals surface area contributed by atoms with Crippen molar-refractivity contribution in [3.63, 3.8) is 0 Å². The number of rotatable bonds is 5. The molecule has 2 fully saturated rings. The van der Waals surface area contributed by atoms with E-state index < -0.39 is 11.6 Å². The first-order chi connectivity index (χ1) is 15.0. The van der Waals surface area contributed by atoms with E-state index in [2.05, 4.69) is 27.7 Å². The number of likely N-dealkylation sites (tertiary alicyclic amines) is 1. The van der Waals surface area contributed by atoms with Crippen LogP contribution in [0, 0.1) is 11.7 Å². The van der Waals surface area contributed by atoms with Gasteiger partial charge in [0, 0.05) is 19.4 Å². The van der Waals surface area contributed by atoms with Crippen LogP contribution in [0.4, 0.5) is 9.18 Å². The number of nitrogens with zero attached hydrogens (tertiary/aromatic N) is 1. The average molecular weight is 423 g/mol. The minimum Gasteiger partial charge on any atom is -0.493 e. The van der Waals surface area contributed by atoms with E-state index in [4.69, 9.17) is 4.74 Å². The molecule has 3 aliphatic rings. The zero-order valence-electron chi connectivity index (χ0n) is 17.3. The summed E-state index contributed by atoms with van der Waals surface area (Å²) in [5, 5.41) is 5.24. The summed E-state index contributed by atoms with van der Waals surface area (Å²) in [7, 11) is 0. The number of hydrogen-bond acceptors (Lipinski definition) is 4. The quantitative estimate of drug-likeness (QED) is 0.726. The largest absolute Gasteiger partial charge is 0.493 e. The summed E-state index contributed by atoms with van der Waals surface area (Å²) in [6.45, 7) is 3.24. The number of carbonyl (C=O) groups is 2. The van der Waals surface area contributed by atoms with Crippen LogP contribution in [-0.4, -0.2) is 42.1 Å². The number of halogens is 1. The Labute approximate surface area is 180 Å². The van der Waals surface area contributed by atoms with Crippen LogP contribution >= 0.6 is 0 Å². The Balaban J connectivity index is 1.29. The van der Waals surface area contributed by atoms with E-state index in [9.17, 15) is 14.0 Å². The van der Waals surface area contributed by atoms with Crippen LogP contribution in [-0.2, 0) is 24.2 Å². The van der Waals surface area contributed by atoms with E-state index in [1.54, 1.807) is 18.2 Å². The van der Waals surface area contributed by atoms with Crippen LogP contribution < -0.4 is 15.4 Å². The first kappa shape index (κ1) is 20.0. The minimum atomic E-state index is -1.10. The highest BCUT2D eigenvalue weighted by atomic mass is 19.1. The molecule has 2 saturated heterocycles. The molecular formula is C24H26FN3O3. The minimum absolute atomic E-state index is 0.0526. The van der Waals surface area contributed by atoms with Gasteiger partial charge in [-0.3, -0.25) is 15.0 Å². The molecule has 0 aliphatic carbocycles.